The molecule has 5 aromatic carbocycles. The Labute approximate surface area is 184 Å². The first kappa shape index (κ1) is 18.0. The maximum absolute atomic E-state index is 6.12. The van der Waals surface area contributed by atoms with E-state index in [1.54, 1.807) is 0 Å². The Hall–Kier alpha value is -3.82. The van der Waals surface area contributed by atoms with Crippen molar-refractivity contribution in [1.82, 2.24) is 15.2 Å². The van der Waals surface area contributed by atoms with Crippen LogP contribution in [-0.2, 0) is 0 Å². The Morgan fingerprint density at radius 3 is 1.52 bits per heavy atom. The minimum Gasteiger partial charge on any atom is -0.214 e. The van der Waals surface area contributed by atoms with Gasteiger partial charge in [0.05, 0.1) is 0 Å². The van der Waals surface area contributed by atoms with E-state index in [1.807, 2.05) is 12.1 Å². The van der Waals surface area contributed by atoms with E-state index in [0.29, 0.717) is 0 Å². The Bertz CT molecular complexity index is 1580. The minimum atomic E-state index is 0.154. The third-order valence-electron chi connectivity index (χ3n) is 5.71. The molecule has 0 fully saturated rings. The fourth-order valence-electron chi connectivity index (χ4n) is 4.24. The first-order chi connectivity index (χ1) is 15.3. The molecule has 0 aliphatic rings. The Balaban J connectivity index is 1.74. The van der Waals surface area contributed by atoms with Gasteiger partial charge in [0.2, 0.25) is 5.28 Å². The molecule has 0 N–H and O–H groups in total. The predicted molar refractivity (Wildman–Crippen MR) is 128 cm³/mol. The van der Waals surface area contributed by atoms with Gasteiger partial charge in [-0.15, -0.1) is 10.2 Å². The van der Waals surface area contributed by atoms with E-state index in [2.05, 4.69) is 100 Å². The summed E-state index contributed by atoms with van der Waals surface area (Å²) in [5.74, 6) is 0. The molecule has 1 aromatic heterocycles. The van der Waals surface area contributed by atoms with Crippen LogP contribution in [0.1, 0.15) is 0 Å². The molecule has 0 unspecified atom stereocenters. The van der Waals surface area contributed by atoms with Crippen LogP contribution in [0.2, 0.25) is 5.28 Å². The lowest BCUT2D eigenvalue weighted by Gasteiger charge is -2.12. The number of hydrogen-bond donors (Lipinski definition) is 0. The molecule has 0 spiro atoms. The van der Waals surface area contributed by atoms with Gasteiger partial charge in [-0.25, -0.2) is 4.98 Å². The largest absolute Gasteiger partial charge is 0.243 e. The highest BCUT2D eigenvalue weighted by molar-refractivity contribution is 6.29. The van der Waals surface area contributed by atoms with Crippen molar-refractivity contribution < 1.29 is 0 Å². The van der Waals surface area contributed by atoms with E-state index in [9.17, 15) is 0 Å². The summed E-state index contributed by atoms with van der Waals surface area (Å²) in [4.78, 5) is 4.53. The van der Waals surface area contributed by atoms with Crippen LogP contribution in [0.15, 0.2) is 97.1 Å². The third-order valence-corrected chi connectivity index (χ3v) is 5.87. The van der Waals surface area contributed by atoms with Gasteiger partial charge in [-0.2, -0.15) is 0 Å². The minimum absolute atomic E-state index is 0.154. The number of nitrogens with zero attached hydrogens (tertiary/aromatic N) is 3. The van der Waals surface area contributed by atoms with Crippen LogP contribution in [0.3, 0.4) is 0 Å². The van der Waals surface area contributed by atoms with Gasteiger partial charge in [0, 0.05) is 10.8 Å². The second kappa shape index (κ2) is 7.15. The Morgan fingerprint density at radius 1 is 0.452 bits per heavy atom. The first-order valence-corrected chi connectivity index (χ1v) is 10.5. The molecule has 0 saturated heterocycles. The van der Waals surface area contributed by atoms with Gasteiger partial charge in [0.1, 0.15) is 11.0 Å². The van der Waals surface area contributed by atoms with Crippen molar-refractivity contribution in [2.24, 2.45) is 0 Å². The zero-order chi connectivity index (χ0) is 20.8. The molecule has 0 saturated carbocycles. The van der Waals surface area contributed by atoms with Crippen LogP contribution in [0, 0.1) is 0 Å². The third kappa shape index (κ3) is 3.02. The fraction of sp³-hybridized carbons (Fsp3) is 0. The van der Waals surface area contributed by atoms with Gasteiger partial charge in [0.25, 0.3) is 0 Å². The zero-order valence-electron chi connectivity index (χ0n) is 16.5. The average molecular weight is 418 g/mol. The van der Waals surface area contributed by atoms with E-state index < -0.39 is 0 Å². The number of fused-ring (bicyclic) bond motifs is 6. The quantitative estimate of drug-likeness (QED) is 0.277. The van der Waals surface area contributed by atoms with Gasteiger partial charge in [-0.3, -0.25) is 0 Å². The van der Waals surface area contributed by atoms with Crippen molar-refractivity contribution in [1.29, 1.82) is 0 Å². The van der Waals surface area contributed by atoms with E-state index in [4.69, 9.17) is 11.6 Å². The van der Waals surface area contributed by atoms with Crippen LogP contribution >= 0.6 is 11.6 Å². The molecule has 4 heteroatoms. The first-order valence-electron chi connectivity index (χ1n) is 10.1. The standard InChI is InChI=1S/C27H16ClN3/c28-27-29-25-21-13-11-19(17-7-3-1-4-8-17)15-23(21)24-16-20(18-9-5-2-6-10-18)12-14-22(24)26(25)30-31-27/h1-16H. The van der Waals surface area contributed by atoms with E-state index in [1.165, 1.54) is 11.1 Å². The number of halogens is 1. The number of hydrogen-bond acceptors (Lipinski definition) is 3. The van der Waals surface area contributed by atoms with Crippen LogP contribution in [0.25, 0.3) is 54.8 Å². The van der Waals surface area contributed by atoms with Crippen LogP contribution in [0.5, 0.6) is 0 Å². The highest BCUT2D eigenvalue weighted by Crippen LogP contribution is 2.37. The molecule has 0 aliphatic carbocycles. The van der Waals surface area contributed by atoms with Gasteiger partial charge < -0.3 is 0 Å². The zero-order valence-corrected chi connectivity index (χ0v) is 17.2. The lowest BCUT2D eigenvalue weighted by Crippen LogP contribution is -1.94. The molecule has 3 nitrogen and oxygen atoms in total. The van der Waals surface area contributed by atoms with E-state index in [0.717, 1.165) is 43.7 Å². The highest BCUT2D eigenvalue weighted by Gasteiger charge is 2.14. The van der Waals surface area contributed by atoms with Gasteiger partial charge in [0.15, 0.2) is 0 Å². The molecule has 0 aliphatic heterocycles. The van der Waals surface area contributed by atoms with E-state index in [-0.39, 0.29) is 5.28 Å². The maximum atomic E-state index is 6.12. The van der Waals surface area contributed by atoms with Crippen molar-refractivity contribution in [3.63, 3.8) is 0 Å². The smallest absolute Gasteiger partial charge is 0.214 e. The lowest BCUT2D eigenvalue weighted by molar-refractivity contribution is 1.03. The van der Waals surface area contributed by atoms with Crippen LogP contribution in [0.4, 0.5) is 0 Å². The molecular formula is C27H16ClN3. The number of rotatable bonds is 2. The topological polar surface area (TPSA) is 38.7 Å². The molecule has 0 atom stereocenters. The molecule has 1 heterocycles. The Kier molecular flexibility index (Phi) is 4.15. The molecule has 0 bridgehead atoms. The normalized spacial score (nSPS) is 11.4. The van der Waals surface area contributed by atoms with Crippen molar-refractivity contribution >= 4 is 44.2 Å². The van der Waals surface area contributed by atoms with Crippen LogP contribution in [-0.4, -0.2) is 15.2 Å². The number of benzene rings is 5. The summed E-state index contributed by atoms with van der Waals surface area (Å²) in [7, 11) is 0. The maximum Gasteiger partial charge on any atom is 0.243 e. The Morgan fingerprint density at radius 2 is 0.968 bits per heavy atom. The monoisotopic (exact) mass is 417 g/mol. The predicted octanol–water partition coefficient (Wildman–Crippen LogP) is 7.32. The number of aromatic nitrogens is 3. The second-order valence-corrected chi connectivity index (χ2v) is 7.87. The molecule has 6 aromatic rings. The van der Waals surface area contributed by atoms with E-state index >= 15 is 0 Å². The molecule has 0 radical (unpaired) electrons. The van der Waals surface area contributed by atoms with Crippen molar-refractivity contribution in [2.45, 2.75) is 0 Å². The van der Waals surface area contributed by atoms with Crippen molar-refractivity contribution in [3.05, 3.63) is 102 Å². The van der Waals surface area contributed by atoms with Crippen molar-refractivity contribution in [2.75, 3.05) is 0 Å². The van der Waals surface area contributed by atoms with Gasteiger partial charge in [-0.1, -0.05) is 84.9 Å². The van der Waals surface area contributed by atoms with Gasteiger partial charge >= 0.3 is 0 Å². The molecule has 146 valence electrons. The summed E-state index contributed by atoms with van der Waals surface area (Å²) in [5, 5.41) is 12.8. The highest BCUT2D eigenvalue weighted by atomic mass is 35.5. The lowest BCUT2D eigenvalue weighted by atomic mass is 9.93. The average Bonchev–Trinajstić information content (AvgIpc) is 2.84. The van der Waals surface area contributed by atoms with Crippen molar-refractivity contribution in [3.8, 4) is 22.3 Å². The summed E-state index contributed by atoms with van der Waals surface area (Å²) in [6.45, 7) is 0. The summed E-state index contributed by atoms with van der Waals surface area (Å²) >= 11 is 6.12. The molecule has 31 heavy (non-hydrogen) atoms. The van der Waals surface area contributed by atoms with Crippen LogP contribution < -0.4 is 0 Å². The molecular weight excluding hydrogens is 402 g/mol. The van der Waals surface area contributed by atoms with Gasteiger partial charge in [-0.05, 0) is 56.8 Å². The fourth-order valence-corrected chi connectivity index (χ4v) is 4.37. The SMILES string of the molecule is Clc1nnc2c3ccc(-c4ccccc4)cc3c3cc(-c4ccccc4)ccc3c2n1. The summed E-state index contributed by atoms with van der Waals surface area (Å²) < 4.78 is 0. The summed E-state index contributed by atoms with van der Waals surface area (Å²) in [6.07, 6.45) is 0. The second-order valence-electron chi connectivity index (χ2n) is 7.53. The molecule has 0 amide bonds. The summed E-state index contributed by atoms with van der Waals surface area (Å²) in [6, 6.07) is 33.7. The summed E-state index contributed by atoms with van der Waals surface area (Å²) in [5.41, 5.74) is 6.21. The molecule has 6 rings (SSSR count).